The number of likely N-dealkylation sites (tertiary alicyclic amines) is 1. The molecule has 2 aliphatic heterocycles. The fraction of sp³-hybridized carbons (Fsp3) is 0.650. The number of anilines is 1. The molecule has 2 saturated heterocycles. The van der Waals surface area contributed by atoms with E-state index in [2.05, 4.69) is 10.2 Å². The van der Waals surface area contributed by atoms with Gasteiger partial charge in [-0.15, -0.1) is 0 Å². The van der Waals surface area contributed by atoms with E-state index in [0.29, 0.717) is 5.92 Å². The zero-order chi connectivity index (χ0) is 18.1. The third-order valence-electron chi connectivity index (χ3n) is 6.41. The van der Waals surface area contributed by atoms with Crippen molar-refractivity contribution in [3.05, 3.63) is 30.1 Å². The summed E-state index contributed by atoms with van der Waals surface area (Å²) in [7, 11) is 1.76. The van der Waals surface area contributed by atoms with Crippen molar-refractivity contribution < 1.29 is 13.9 Å². The first-order valence-electron chi connectivity index (χ1n) is 9.64. The number of methoxy groups -OCH3 is 1. The van der Waals surface area contributed by atoms with Gasteiger partial charge < -0.3 is 19.9 Å². The zero-order valence-electron chi connectivity index (χ0n) is 15.4. The smallest absolute Gasteiger partial charge is 0.317 e. The predicted octanol–water partition coefficient (Wildman–Crippen LogP) is 2.86. The molecule has 4 rings (SSSR count). The van der Waals surface area contributed by atoms with Crippen molar-refractivity contribution in [2.24, 2.45) is 11.3 Å². The number of hydrogen-bond acceptors (Lipinski definition) is 3. The Morgan fingerprint density at radius 1 is 1.27 bits per heavy atom. The predicted molar refractivity (Wildman–Crippen MR) is 98.8 cm³/mol. The molecule has 2 heterocycles. The summed E-state index contributed by atoms with van der Waals surface area (Å²) < 4.78 is 18.5. The Labute approximate surface area is 154 Å². The van der Waals surface area contributed by atoms with Gasteiger partial charge in [-0.2, -0.15) is 0 Å². The zero-order valence-corrected chi connectivity index (χ0v) is 15.4. The van der Waals surface area contributed by atoms with E-state index in [1.807, 2.05) is 4.90 Å². The summed E-state index contributed by atoms with van der Waals surface area (Å²) in [4.78, 5) is 16.7. The number of carbonyl (C=O) groups is 1. The van der Waals surface area contributed by atoms with Crippen LogP contribution in [0, 0.1) is 17.2 Å². The summed E-state index contributed by atoms with van der Waals surface area (Å²) in [6.07, 6.45) is 4.77. The highest BCUT2D eigenvalue weighted by Gasteiger charge is 2.52. The van der Waals surface area contributed by atoms with Gasteiger partial charge in [0, 0.05) is 50.4 Å². The second-order valence-electron chi connectivity index (χ2n) is 8.14. The van der Waals surface area contributed by atoms with Crippen LogP contribution in [-0.2, 0) is 4.74 Å². The minimum atomic E-state index is -0.221. The summed E-state index contributed by atoms with van der Waals surface area (Å²) in [5.41, 5.74) is 1.19. The van der Waals surface area contributed by atoms with Crippen molar-refractivity contribution in [2.75, 3.05) is 44.8 Å². The van der Waals surface area contributed by atoms with Crippen LogP contribution in [0.25, 0.3) is 0 Å². The molecule has 1 saturated carbocycles. The molecule has 142 valence electrons. The molecule has 0 radical (unpaired) electrons. The third-order valence-corrected chi connectivity index (χ3v) is 6.41. The van der Waals surface area contributed by atoms with E-state index in [0.717, 1.165) is 44.9 Å². The van der Waals surface area contributed by atoms with Crippen molar-refractivity contribution >= 4 is 11.7 Å². The van der Waals surface area contributed by atoms with E-state index in [1.54, 1.807) is 19.2 Å². The average molecular weight is 361 g/mol. The molecule has 1 aliphatic carbocycles. The van der Waals surface area contributed by atoms with E-state index in [-0.39, 0.29) is 23.3 Å². The molecule has 26 heavy (non-hydrogen) atoms. The number of nitrogens with one attached hydrogen (secondary N) is 1. The molecule has 3 fully saturated rings. The average Bonchev–Trinajstić information content (AvgIpc) is 2.99. The van der Waals surface area contributed by atoms with Gasteiger partial charge in [-0.3, -0.25) is 0 Å². The first kappa shape index (κ1) is 17.6. The summed E-state index contributed by atoms with van der Waals surface area (Å²) in [6.45, 7) is 4.03. The topological polar surface area (TPSA) is 44.8 Å². The fourth-order valence-corrected chi connectivity index (χ4v) is 4.66. The summed E-state index contributed by atoms with van der Waals surface area (Å²) in [5, 5.41) is 3.18. The maximum atomic E-state index is 13.1. The van der Waals surface area contributed by atoms with Crippen molar-refractivity contribution in [3.8, 4) is 0 Å². The summed E-state index contributed by atoms with van der Waals surface area (Å²) >= 11 is 0. The maximum Gasteiger partial charge on any atom is 0.317 e. The van der Waals surface area contributed by atoms with Gasteiger partial charge >= 0.3 is 6.03 Å². The van der Waals surface area contributed by atoms with Gasteiger partial charge in [-0.25, -0.2) is 9.18 Å². The van der Waals surface area contributed by atoms with Crippen LogP contribution in [0.3, 0.4) is 0 Å². The van der Waals surface area contributed by atoms with Crippen LogP contribution in [-0.4, -0.2) is 56.9 Å². The Kier molecular flexibility index (Phi) is 4.78. The standard InChI is InChI=1S/C20H28FN3O2/c1-26-14-20(15-3-2-4-15)12-24(13-20)19(25)22-17-9-10-23(11-17)18-7-5-16(21)6-8-18/h5-8,15,17H,2-4,9-14H2,1H3,(H,22,25). The van der Waals surface area contributed by atoms with Gasteiger partial charge in [0.2, 0.25) is 0 Å². The van der Waals surface area contributed by atoms with Crippen LogP contribution < -0.4 is 10.2 Å². The summed E-state index contributed by atoms with van der Waals surface area (Å²) in [5.74, 6) is 0.494. The largest absolute Gasteiger partial charge is 0.384 e. The van der Waals surface area contributed by atoms with Gasteiger partial charge in [-0.1, -0.05) is 6.42 Å². The first-order valence-corrected chi connectivity index (χ1v) is 9.64. The maximum absolute atomic E-state index is 13.1. The van der Waals surface area contributed by atoms with Crippen molar-refractivity contribution in [3.63, 3.8) is 0 Å². The van der Waals surface area contributed by atoms with Crippen LogP contribution in [0.2, 0.25) is 0 Å². The molecule has 5 nitrogen and oxygen atoms in total. The van der Waals surface area contributed by atoms with Crippen LogP contribution in [0.15, 0.2) is 24.3 Å². The lowest BCUT2D eigenvalue weighted by Crippen LogP contribution is -2.66. The molecule has 6 heteroatoms. The molecular weight excluding hydrogens is 333 g/mol. The molecule has 1 aromatic rings. The van der Waals surface area contributed by atoms with Crippen LogP contribution >= 0.6 is 0 Å². The third kappa shape index (κ3) is 3.27. The second kappa shape index (κ2) is 7.06. The van der Waals surface area contributed by atoms with Crippen LogP contribution in [0.5, 0.6) is 0 Å². The highest BCUT2D eigenvalue weighted by Crippen LogP contribution is 2.48. The Bertz CT molecular complexity index is 641. The van der Waals surface area contributed by atoms with Gasteiger partial charge in [-0.05, 0) is 49.4 Å². The number of amides is 2. The molecule has 0 spiro atoms. The van der Waals surface area contributed by atoms with E-state index in [1.165, 1.54) is 31.4 Å². The molecule has 1 N–H and O–H groups in total. The molecule has 1 atom stereocenters. The van der Waals surface area contributed by atoms with Gasteiger partial charge in [0.15, 0.2) is 0 Å². The number of ether oxygens (including phenoxy) is 1. The first-order chi connectivity index (χ1) is 12.6. The molecular formula is C20H28FN3O2. The van der Waals surface area contributed by atoms with E-state index in [4.69, 9.17) is 4.74 Å². The Morgan fingerprint density at radius 3 is 2.62 bits per heavy atom. The number of urea groups is 1. The summed E-state index contributed by atoms with van der Waals surface area (Å²) in [6, 6.07) is 6.75. The second-order valence-corrected chi connectivity index (χ2v) is 8.14. The lowest BCUT2D eigenvalue weighted by atomic mass is 9.61. The molecule has 1 unspecified atom stereocenters. The van der Waals surface area contributed by atoms with E-state index >= 15 is 0 Å². The van der Waals surface area contributed by atoms with Gasteiger partial charge in [0.1, 0.15) is 5.82 Å². The van der Waals surface area contributed by atoms with E-state index in [9.17, 15) is 9.18 Å². The van der Waals surface area contributed by atoms with Crippen LogP contribution in [0.1, 0.15) is 25.7 Å². The number of halogens is 1. The molecule has 3 aliphatic rings. The Balaban J connectivity index is 1.27. The number of nitrogens with zero attached hydrogens (tertiary/aromatic N) is 2. The molecule has 0 aromatic heterocycles. The lowest BCUT2D eigenvalue weighted by Gasteiger charge is -2.56. The van der Waals surface area contributed by atoms with E-state index < -0.39 is 0 Å². The Hall–Kier alpha value is -1.82. The number of benzene rings is 1. The monoisotopic (exact) mass is 361 g/mol. The van der Waals surface area contributed by atoms with Crippen LogP contribution in [0.4, 0.5) is 14.9 Å². The Morgan fingerprint density at radius 2 is 2.00 bits per heavy atom. The van der Waals surface area contributed by atoms with Crippen molar-refractivity contribution in [2.45, 2.75) is 31.7 Å². The molecule has 2 amide bonds. The lowest BCUT2D eigenvalue weighted by molar-refractivity contribution is -0.0940. The van der Waals surface area contributed by atoms with Crippen molar-refractivity contribution in [1.29, 1.82) is 0 Å². The minimum absolute atomic E-state index is 0.0435. The number of rotatable bonds is 5. The quantitative estimate of drug-likeness (QED) is 0.877. The SMILES string of the molecule is COCC1(C2CCC2)CN(C(=O)NC2CCN(c3ccc(F)cc3)C2)C1. The van der Waals surface area contributed by atoms with Crippen molar-refractivity contribution in [1.82, 2.24) is 10.2 Å². The highest BCUT2D eigenvalue weighted by atomic mass is 19.1. The van der Waals surface area contributed by atoms with Gasteiger partial charge in [0.05, 0.1) is 6.61 Å². The number of hydrogen-bond donors (Lipinski definition) is 1. The molecule has 0 bridgehead atoms. The highest BCUT2D eigenvalue weighted by molar-refractivity contribution is 5.76. The fourth-order valence-electron chi connectivity index (χ4n) is 4.66. The van der Waals surface area contributed by atoms with Gasteiger partial charge in [0.25, 0.3) is 0 Å². The molecule has 1 aromatic carbocycles. The normalized spacial score (nSPS) is 24.9. The number of carbonyl (C=O) groups excluding carboxylic acids is 1. The minimum Gasteiger partial charge on any atom is -0.384 e.